The highest BCUT2D eigenvalue weighted by Gasteiger charge is 2.41. The van der Waals surface area contributed by atoms with E-state index in [0.717, 1.165) is 28.1 Å². The molecule has 2 aliphatic rings. The van der Waals surface area contributed by atoms with Gasteiger partial charge >= 0.3 is 0 Å². The minimum atomic E-state index is -0.141. The Morgan fingerprint density at radius 2 is 1.16 bits per heavy atom. The Balaban J connectivity index is 1.06. The number of fused-ring (bicyclic) bond motifs is 6. The summed E-state index contributed by atoms with van der Waals surface area (Å²) in [5, 5.41) is 0. The molecule has 286 valence electrons. The molecule has 0 bridgehead atoms. The summed E-state index contributed by atoms with van der Waals surface area (Å²) < 4.78 is 0. The zero-order valence-electron chi connectivity index (χ0n) is 34.8. The SMILES string of the molecule is C=C/C=C\C=C(/C)C(C)=NC(=NCc1ccc(-c2ccc3c(c2)C(C)(C)c2cc4c(cc2-3)C(C)(C)c2cc(-c3ccc(C(=C)C)cc3)ccc2-4)cc1)c1ccccn1. The second kappa shape index (κ2) is 15.1. The van der Waals surface area contributed by atoms with Gasteiger partial charge in [0.15, 0.2) is 5.84 Å². The summed E-state index contributed by atoms with van der Waals surface area (Å²) in [6.07, 6.45) is 9.44. The van der Waals surface area contributed by atoms with Gasteiger partial charge in [-0.25, -0.2) is 4.99 Å². The van der Waals surface area contributed by atoms with E-state index in [1.807, 2.05) is 50.3 Å². The normalized spacial score (nSPS) is 15.2. The number of benzene rings is 5. The van der Waals surface area contributed by atoms with Crippen LogP contribution in [0.25, 0.3) is 50.1 Å². The first-order valence-electron chi connectivity index (χ1n) is 20.2. The molecule has 0 spiro atoms. The fourth-order valence-corrected chi connectivity index (χ4v) is 8.55. The van der Waals surface area contributed by atoms with Crippen LogP contribution in [0.15, 0.2) is 174 Å². The van der Waals surface area contributed by atoms with Crippen LogP contribution in [-0.4, -0.2) is 16.5 Å². The summed E-state index contributed by atoms with van der Waals surface area (Å²) in [4.78, 5) is 14.4. The van der Waals surface area contributed by atoms with Gasteiger partial charge < -0.3 is 0 Å². The monoisotopic (exact) mass is 753 g/mol. The molecule has 0 aliphatic heterocycles. The van der Waals surface area contributed by atoms with Crippen LogP contribution in [0, 0.1) is 0 Å². The van der Waals surface area contributed by atoms with Crippen LogP contribution in [0.2, 0.25) is 0 Å². The zero-order chi connectivity index (χ0) is 40.8. The number of aromatic nitrogens is 1. The van der Waals surface area contributed by atoms with Crippen LogP contribution in [0.1, 0.15) is 87.5 Å². The Hall–Kier alpha value is -6.45. The maximum atomic E-state index is 4.95. The van der Waals surface area contributed by atoms with Crippen molar-refractivity contribution < 1.29 is 0 Å². The van der Waals surface area contributed by atoms with E-state index in [-0.39, 0.29) is 10.8 Å². The first kappa shape index (κ1) is 38.4. The highest BCUT2D eigenvalue weighted by atomic mass is 14.9. The van der Waals surface area contributed by atoms with E-state index in [9.17, 15) is 0 Å². The zero-order valence-corrected chi connectivity index (χ0v) is 34.8. The molecule has 0 N–H and O–H groups in total. The van der Waals surface area contributed by atoms with Crippen molar-refractivity contribution >= 4 is 17.1 Å². The van der Waals surface area contributed by atoms with Gasteiger partial charge in [0.2, 0.25) is 0 Å². The number of aliphatic imine (C=N–C) groups is 2. The minimum absolute atomic E-state index is 0.117. The molecule has 0 unspecified atom stereocenters. The maximum absolute atomic E-state index is 4.95. The Morgan fingerprint density at radius 3 is 1.67 bits per heavy atom. The van der Waals surface area contributed by atoms with Gasteiger partial charge in [-0.1, -0.05) is 150 Å². The molecule has 6 aromatic rings. The van der Waals surface area contributed by atoms with Crippen LogP contribution in [-0.2, 0) is 17.4 Å². The predicted molar refractivity (Wildman–Crippen MR) is 248 cm³/mol. The van der Waals surface area contributed by atoms with Gasteiger partial charge in [-0.3, -0.25) is 9.98 Å². The van der Waals surface area contributed by atoms with Crippen LogP contribution < -0.4 is 0 Å². The molecule has 3 nitrogen and oxygen atoms in total. The Bertz CT molecular complexity index is 2720. The van der Waals surface area contributed by atoms with Crippen molar-refractivity contribution in [3.63, 3.8) is 0 Å². The summed E-state index contributed by atoms with van der Waals surface area (Å²) in [7, 11) is 0. The lowest BCUT2D eigenvalue weighted by atomic mass is 9.79. The highest BCUT2D eigenvalue weighted by Crippen LogP contribution is 2.56. The second-order valence-electron chi connectivity index (χ2n) is 16.8. The molecule has 0 saturated carbocycles. The molecule has 0 atom stereocenters. The van der Waals surface area contributed by atoms with Crippen LogP contribution in [0.3, 0.4) is 0 Å². The first-order chi connectivity index (χ1) is 27.9. The number of allylic oxidation sites excluding steroid dienone is 6. The van der Waals surface area contributed by atoms with Gasteiger partial charge in [-0.2, -0.15) is 0 Å². The molecule has 0 radical (unpaired) electrons. The number of rotatable bonds is 9. The lowest BCUT2D eigenvalue weighted by Crippen LogP contribution is -2.17. The minimum Gasteiger partial charge on any atom is -0.260 e. The molecule has 5 aromatic carbocycles. The molecule has 1 heterocycles. The van der Waals surface area contributed by atoms with E-state index in [4.69, 9.17) is 9.98 Å². The lowest BCUT2D eigenvalue weighted by molar-refractivity contribution is 0.652. The molecule has 0 fully saturated rings. The van der Waals surface area contributed by atoms with Gasteiger partial charge in [0.1, 0.15) is 5.69 Å². The number of hydrogen-bond donors (Lipinski definition) is 0. The van der Waals surface area contributed by atoms with Crippen molar-refractivity contribution in [1.29, 1.82) is 0 Å². The topological polar surface area (TPSA) is 37.6 Å². The third-order valence-corrected chi connectivity index (χ3v) is 12.2. The lowest BCUT2D eigenvalue weighted by Gasteiger charge is -2.24. The molecule has 8 rings (SSSR count). The van der Waals surface area contributed by atoms with Crippen LogP contribution in [0.5, 0.6) is 0 Å². The van der Waals surface area contributed by atoms with E-state index in [1.165, 1.54) is 72.3 Å². The second-order valence-corrected chi connectivity index (χ2v) is 16.8. The smallest absolute Gasteiger partial charge is 0.174 e. The highest BCUT2D eigenvalue weighted by molar-refractivity contribution is 6.10. The molecular formula is C55H51N3. The third-order valence-electron chi connectivity index (χ3n) is 12.2. The first-order valence-corrected chi connectivity index (χ1v) is 20.2. The average molecular weight is 754 g/mol. The van der Waals surface area contributed by atoms with E-state index in [0.29, 0.717) is 12.4 Å². The van der Waals surface area contributed by atoms with Gasteiger partial charge in [0.25, 0.3) is 0 Å². The Kier molecular flexibility index (Phi) is 10.0. The molecule has 1 aromatic heterocycles. The molecule has 0 amide bonds. The van der Waals surface area contributed by atoms with Crippen LogP contribution in [0.4, 0.5) is 0 Å². The predicted octanol–water partition coefficient (Wildman–Crippen LogP) is 14.2. The quantitative estimate of drug-likeness (QED) is 0.0823. The summed E-state index contributed by atoms with van der Waals surface area (Å²) in [6.45, 7) is 24.0. The molecular weight excluding hydrogens is 703 g/mol. The van der Waals surface area contributed by atoms with Gasteiger partial charge in [0.05, 0.1) is 6.54 Å². The fraction of sp³-hybridized carbons (Fsp3) is 0.182. The number of amidine groups is 1. The largest absolute Gasteiger partial charge is 0.260 e. The van der Waals surface area contributed by atoms with E-state index in [1.54, 1.807) is 12.3 Å². The van der Waals surface area contributed by atoms with Crippen molar-refractivity contribution in [2.24, 2.45) is 9.98 Å². The molecule has 58 heavy (non-hydrogen) atoms. The average Bonchev–Trinajstić information content (AvgIpc) is 3.60. The number of hydrogen-bond acceptors (Lipinski definition) is 2. The molecule has 2 aliphatic carbocycles. The third kappa shape index (κ3) is 6.96. The summed E-state index contributed by atoms with van der Waals surface area (Å²) in [5.74, 6) is 0.621. The Morgan fingerprint density at radius 1 is 0.621 bits per heavy atom. The van der Waals surface area contributed by atoms with Crippen molar-refractivity contribution in [2.45, 2.75) is 65.8 Å². The van der Waals surface area contributed by atoms with E-state index < -0.39 is 0 Å². The van der Waals surface area contributed by atoms with Gasteiger partial charge in [-0.15, -0.1) is 0 Å². The van der Waals surface area contributed by atoms with Crippen molar-refractivity contribution in [3.05, 3.63) is 204 Å². The van der Waals surface area contributed by atoms with Crippen LogP contribution >= 0.6 is 0 Å². The number of nitrogens with zero attached hydrogens (tertiary/aromatic N) is 3. The number of pyridine rings is 1. The standard InChI is InChI=1S/C55H51N3/c1-10-11-12-15-36(4)37(5)58-53(52-16-13-14-29-56-52)57-34-38-17-19-40(20-18-38)42-25-27-44-46-32-51-47(33-50(46)54(6,7)48(44)30-42)45-28-26-43(31-49(45)55(51,8)9)41-23-21-39(22-24-41)35(2)3/h10-33H,1-2,34H2,3-9H3/b12-11-,36-15+,57-53?,58-37?. The fourth-order valence-electron chi connectivity index (χ4n) is 8.55. The van der Waals surface area contributed by atoms with E-state index >= 15 is 0 Å². The van der Waals surface area contributed by atoms with E-state index in [2.05, 4.69) is 150 Å². The Labute approximate surface area is 344 Å². The van der Waals surface area contributed by atoms with Gasteiger partial charge in [0, 0.05) is 22.7 Å². The van der Waals surface area contributed by atoms with Crippen molar-refractivity contribution in [2.75, 3.05) is 0 Å². The molecule has 3 heteroatoms. The summed E-state index contributed by atoms with van der Waals surface area (Å²) >= 11 is 0. The summed E-state index contributed by atoms with van der Waals surface area (Å²) in [5.41, 5.74) is 21.7. The summed E-state index contributed by atoms with van der Waals surface area (Å²) in [6, 6.07) is 42.5. The van der Waals surface area contributed by atoms with Crippen molar-refractivity contribution in [1.82, 2.24) is 4.98 Å². The maximum Gasteiger partial charge on any atom is 0.174 e. The van der Waals surface area contributed by atoms with Crippen molar-refractivity contribution in [3.8, 4) is 44.5 Å². The molecule has 0 saturated heterocycles. The van der Waals surface area contributed by atoms with Gasteiger partial charge in [-0.05, 0) is 141 Å².